The number of amides is 2. The van der Waals surface area contributed by atoms with Crippen LogP contribution in [0, 0.1) is 12.5 Å². The number of oxime groups is 1. The van der Waals surface area contributed by atoms with Crippen molar-refractivity contribution < 1.29 is 23.9 Å². The Hall–Kier alpha value is -3.32. The summed E-state index contributed by atoms with van der Waals surface area (Å²) in [6.45, 7) is 0.454. The quantitative estimate of drug-likeness (QED) is 0.611. The molecule has 1 aromatic heterocycles. The number of nitrogens with one attached hydrogen (secondary N) is 1. The van der Waals surface area contributed by atoms with Gasteiger partial charge in [-0.15, -0.1) is 0 Å². The van der Waals surface area contributed by atoms with Crippen LogP contribution >= 0.6 is 15.9 Å². The molecule has 1 N–H and O–H groups in total. The minimum absolute atomic E-state index is 0.0312. The summed E-state index contributed by atoms with van der Waals surface area (Å²) in [6, 6.07) is 8.82. The highest BCUT2D eigenvalue weighted by Gasteiger charge is 2.41. The lowest BCUT2D eigenvalue weighted by molar-refractivity contribution is -0.125. The fourth-order valence-electron chi connectivity index (χ4n) is 3.69. The minimum atomic E-state index is -0.763. The molecule has 0 unspecified atom stereocenters. The Balaban J connectivity index is 1.37. The van der Waals surface area contributed by atoms with E-state index in [4.69, 9.17) is 20.7 Å². The Morgan fingerprint density at radius 2 is 2.22 bits per heavy atom. The number of ether oxygens (including phenoxy) is 2. The SMILES string of the molecule is C#CO[C@@H]1C[C@@H](C(=O)NC[C@@H]2CC(Br)=NO2)N(C(=O)OCc2cnc3ccccc3c2)C1. The fraction of sp³-hybridized carbons (Fsp3) is 0.364. The summed E-state index contributed by atoms with van der Waals surface area (Å²) in [6.07, 6.45) is 8.54. The van der Waals surface area contributed by atoms with Crippen LogP contribution in [-0.4, -0.2) is 57.8 Å². The van der Waals surface area contributed by atoms with Crippen LogP contribution < -0.4 is 5.32 Å². The van der Waals surface area contributed by atoms with Gasteiger partial charge < -0.3 is 19.6 Å². The van der Waals surface area contributed by atoms with E-state index in [2.05, 4.69) is 37.5 Å². The average molecular weight is 501 g/mol. The summed E-state index contributed by atoms with van der Waals surface area (Å²) in [5.74, 6) is -0.330. The first-order chi connectivity index (χ1) is 15.5. The number of hydrogen-bond donors (Lipinski definition) is 1. The Morgan fingerprint density at radius 3 is 3.00 bits per heavy atom. The van der Waals surface area contributed by atoms with Crippen molar-refractivity contribution in [1.29, 1.82) is 0 Å². The monoisotopic (exact) mass is 500 g/mol. The largest absolute Gasteiger partial charge is 0.444 e. The highest BCUT2D eigenvalue weighted by Crippen LogP contribution is 2.23. The van der Waals surface area contributed by atoms with E-state index in [1.165, 1.54) is 4.90 Å². The molecular formula is C22H21BrN4O5. The molecule has 2 aliphatic heterocycles. The van der Waals surface area contributed by atoms with Gasteiger partial charge in [-0.3, -0.25) is 14.7 Å². The van der Waals surface area contributed by atoms with Crippen LogP contribution in [0.2, 0.25) is 0 Å². The number of nitrogens with zero attached hydrogens (tertiary/aromatic N) is 3. The normalized spacial score (nSPS) is 22.1. The predicted octanol–water partition coefficient (Wildman–Crippen LogP) is 2.54. The Bertz CT molecular complexity index is 1090. The molecule has 10 heteroatoms. The molecule has 0 saturated carbocycles. The van der Waals surface area contributed by atoms with Gasteiger partial charge in [0.25, 0.3) is 0 Å². The second-order valence-corrected chi connectivity index (χ2v) is 8.41. The van der Waals surface area contributed by atoms with E-state index in [1.807, 2.05) is 30.3 Å². The second kappa shape index (κ2) is 9.87. The highest BCUT2D eigenvalue weighted by atomic mass is 79.9. The Kier molecular flexibility index (Phi) is 6.75. The standard InChI is InChI=1S/C22H21BrN4O5/c1-2-30-17-8-19(21(28)25-11-16-9-20(23)26-32-16)27(12-17)22(29)31-13-14-7-15-5-3-4-6-18(15)24-10-14/h1,3-7,10,16-17,19H,8-9,11-13H2,(H,25,28)/t16-,17+,19-/m0/s1. The maximum Gasteiger partial charge on any atom is 0.410 e. The van der Waals surface area contributed by atoms with Crippen LogP contribution in [0.15, 0.2) is 41.7 Å². The van der Waals surface area contributed by atoms with Crippen molar-refractivity contribution in [3.05, 3.63) is 42.1 Å². The molecular weight excluding hydrogens is 480 g/mol. The molecule has 0 aliphatic carbocycles. The Labute approximate surface area is 193 Å². The molecule has 2 aromatic rings. The van der Waals surface area contributed by atoms with E-state index in [0.717, 1.165) is 16.5 Å². The summed E-state index contributed by atoms with van der Waals surface area (Å²) < 4.78 is 11.4. The summed E-state index contributed by atoms with van der Waals surface area (Å²) in [4.78, 5) is 36.5. The molecule has 2 amide bonds. The third-order valence-electron chi connectivity index (χ3n) is 5.24. The molecule has 1 fully saturated rings. The summed E-state index contributed by atoms with van der Waals surface area (Å²) >= 11 is 3.26. The lowest BCUT2D eigenvalue weighted by Gasteiger charge is -2.23. The maximum atomic E-state index is 12.8. The van der Waals surface area contributed by atoms with E-state index in [0.29, 0.717) is 11.0 Å². The summed E-state index contributed by atoms with van der Waals surface area (Å²) in [7, 11) is 0. The number of pyridine rings is 1. The lowest BCUT2D eigenvalue weighted by Crippen LogP contribution is -2.47. The number of aromatic nitrogens is 1. The molecule has 1 aromatic carbocycles. The molecule has 166 valence electrons. The average Bonchev–Trinajstić information content (AvgIpc) is 3.42. The molecule has 0 bridgehead atoms. The molecule has 0 radical (unpaired) electrons. The van der Waals surface area contributed by atoms with Gasteiger partial charge in [0.2, 0.25) is 5.91 Å². The first-order valence-electron chi connectivity index (χ1n) is 10.1. The third-order valence-corrected chi connectivity index (χ3v) is 5.71. The molecule has 32 heavy (non-hydrogen) atoms. The van der Waals surface area contributed by atoms with Crippen LogP contribution in [0.25, 0.3) is 10.9 Å². The first kappa shape index (κ1) is 21.9. The van der Waals surface area contributed by atoms with Crippen LogP contribution in [0.4, 0.5) is 4.79 Å². The second-order valence-electron chi connectivity index (χ2n) is 7.50. The van der Waals surface area contributed by atoms with Gasteiger partial charge >= 0.3 is 6.09 Å². The van der Waals surface area contributed by atoms with Crippen LogP contribution in [-0.2, 0) is 25.7 Å². The van der Waals surface area contributed by atoms with Crippen molar-refractivity contribution in [2.24, 2.45) is 5.16 Å². The van der Waals surface area contributed by atoms with Gasteiger partial charge in [0.15, 0.2) is 6.10 Å². The number of terminal acetylenes is 1. The van der Waals surface area contributed by atoms with E-state index in [1.54, 1.807) is 6.20 Å². The molecule has 3 atom stereocenters. The van der Waals surface area contributed by atoms with Gasteiger partial charge in [0.05, 0.1) is 18.6 Å². The van der Waals surface area contributed by atoms with Gasteiger partial charge in [-0.1, -0.05) is 29.8 Å². The third kappa shape index (κ3) is 5.11. The predicted molar refractivity (Wildman–Crippen MR) is 120 cm³/mol. The number of likely N-dealkylation sites (tertiary alicyclic amines) is 1. The van der Waals surface area contributed by atoms with E-state index in [-0.39, 0.29) is 38.1 Å². The summed E-state index contributed by atoms with van der Waals surface area (Å²) in [5, 5.41) is 7.55. The molecule has 1 saturated heterocycles. The van der Waals surface area contributed by atoms with Gasteiger partial charge in [0.1, 0.15) is 29.5 Å². The van der Waals surface area contributed by atoms with Crippen LogP contribution in [0.3, 0.4) is 0 Å². The number of carbonyl (C=O) groups excluding carboxylic acids is 2. The number of para-hydroxylation sites is 1. The number of benzene rings is 1. The summed E-state index contributed by atoms with van der Waals surface area (Å²) in [5.41, 5.74) is 1.61. The number of fused-ring (bicyclic) bond motifs is 1. The van der Waals surface area contributed by atoms with Gasteiger partial charge in [0, 0.05) is 30.0 Å². The van der Waals surface area contributed by atoms with E-state index >= 15 is 0 Å². The number of halogens is 1. The zero-order chi connectivity index (χ0) is 22.5. The molecule has 0 spiro atoms. The number of hydrogen-bond acceptors (Lipinski definition) is 7. The van der Waals surface area contributed by atoms with Crippen molar-refractivity contribution >= 4 is 43.5 Å². The van der Waals surface area contributed by atoms with Crippen molar-refractivity contribution in [1.82, 2.24) is 15.2 Å². The van der Waals surface area contributed by atoms with Crippen molar-refractivity contribution in [2.75, 3.05) is 13.1 Å². The van der Waals surface area contributed by atoms with Crippen molar-refractivity contribution in [3.63, 3.8) is 0 Å². The highest BCUT2D eigenvalue weighted by molar-refractivity contribution is 9.18. The van der Waals surface area contributed by atoms with Gasteiger partial charge in [-0.2, -0.15) is 0 Å². The zero-order valence-corrected chi connectivity index (χ0v) is 18.7. The van der Waals surface area contributed by atoms with Crippen LogP contribution in [0.5, 0.6) is 0 Å². The van der Waals surface area contributed by atoms with E-state index < -0.39 is 18.2 Å². The Morgan fingerprint density at radius 1 is 1.38 bits per heavy atom. The number of rotatable bonds is 6. The van der Waals surface area contributed by atoms with Crippen molar-refractivity contribution in [3.8, 4) is 12.5 Å². The van der Waals surface area contributed by atoms with Crippen molar-refractivity contribution in [2.45, 2.75) is 37.7 Å². The molecule has 4 rings (SSSR count). The minimum Gasteiger partial charge on any atom is -0.444 e. The van der Waals surface area contributed by atoms with Gasteiger partial charge in [-0.05, 0) is 28.1 Å². The molecule has 9 nitrogen and oxygen atoms in total. The van der Waals surface area contributed by atoms with E-state index in [9.17, 15) is 9.59 Å². The van der Waals surface area contributed by atoms with Gasteiger partial charge in [-0.25, -0.2) is 4.79 Å². The lowest BCUT2D eigenvalue weighted by atomic mass is 10.1. The zero-order valence-electron chi connectivity index (χ0n) is 17.1. The van der Waals surface area contributed by atoms with Crippen LogP contribution in [0.1, 0.15) is 18.4 Å². The molecule has 3 heterocycles. The number of carbonyl (C=O) groups is 2. The molecule has 2 aliphatic rings. The smallest absolute Gasteiger partial charge is 0.410 e. The first-order valence-corrected chi connectivity index (χ1v) is 10.9. The fourth-order valence-corrected chi connectivity index (χ4v) is 4.13. The maximum absolute atomic E-state index is 12.8. The topological polar surface area (TPSA) is 102 Å².